The minimum atomic E-state index is -4.39. The topological polar surface area (TPSA) is 545 Å². The number of carboxylic acid groups (broad SMARTS) is 1. The first-order valence-corrected chi connectivity index (χ1v) is 36.1. The summed E-state index contributed by atoms with van der Waals surface area (Å²) in [4.78, 5) is 133. The lowest BCUT2D eigenvalue weighted by Crippen LogP contribution is -2.29. The predicted molar refractivity (Wildman–Crippen MR) is 421 cm³/mol. The Hall–Kier alpha value is -12.7. The van der Waals surface area contributed by atoms with Gasteiger partial charge in [0.05, 0.1) is 108 Å². The molecule has 12 aromatic heterocycles. The van der Waals surface area contributed by atoms with Crippen LogP contribution in [0.5, 0.6) is 0 Å². The highest BCUT2D eigenvalue weighted by Crippen LogP contribution is 2.31. The van der Waals surface area contributed by atoms with Crippen molar-refractivity contribution in [3.05, 3.63) is 181 Å². The molecule has 1 atom stereocenters. The third-order valence-corrected chi connectivity index (χ3v) is 15.3. The molecule has 13 aromatic rings. The molecule has 9 N–H and O–H groups in total. The van der Waals surface area contributed by atoms with Gasteiger partial charge >= 0.3 is 29.5 Å². The summed E-state index contributed by atoms with van der Waals surface area (Å²) in [5, 5.41) is 40.7. The lowest BCUT2D eigenvalue weighted by Gasteiger charge is -2.13. The van der Waals surface area contributed by atoms with Crippen molar-refractivity contribution in [2.24, 2.45) is 5.73 Å². The van der Waals surface area contributed by atoms with Gasteiger partial charge in [0, 0.05) is 45.0 Å². The zero-order valence-electron chi connectivity index (χ0n) is 62.5. The number of anilines is 5. The molecule has 1 unspecified atom stereocenters. The molecule has 1 aromatic carbocycles. The maximum absolute atomic E-state index is 12.7. The van der Waals surface area contributed by atoms with Crippen LogP contribution in [0.15, 0.2) is 105 Å². The van der Waals surface area contributed by atoms with E-state index in [9.17, 15) is 47.8 Å². The maximum atomic E-state index is 12.7. The van der Waals surface area contributed by atoms with E-state index in [0.717, 1.165) is 74.7 Å². The van der Waals surface area contributed by atoms with E-state index in [1.54, 1.807) is 56.1 Å². The number of carbonyl (C=O) groups excluding carboxylic acids is 2. The van der Waals surface area contributed by atoms with E-state index >= 15 is 0 Å². The average molecular weight is 1690 g/mol. The molecule has 0 spiro atoms. The summed E-state index contributed by atoms with van der Waals surface area (Å²) in [5.41, 5.74) is 15.8. The molecule has 0 aliphatic heterocycles. The Morgan fingerprint density at radius 1 is 0.539 bits per heavy atom. The number of hydrogen-bond acceptors (Lipinski definition) is 33. The van der Waals surface area contributed by atoms with Crippen LogP contribution in [0.3, 0.4) is 0 Å². The van der Waals surface area contributed by atoms with Crippen LogP contribution < -0.4 is 32.7 Å². The van der Waals surface area contributed by atoms with Crippen molar-refractivity contribution < 1.29 is 47.2 Å². The Labute approximate surface area is 675 Å². The van der Waals surface area contributed by atoms with Crippen molar-refractivity contribution >= 4 is 161 Å². The van der Waals surface area contributed by atoms with Crippen molar-refractivity contribution in [1.29, 1.82) is 0 Å². The number of aryl methyl sites for hydroxylation is 4. The van der Waals surface area contributed by atoms with Gasteiger partial charge in [-0.2, -0.15) is 33.1 Å². The van der Waals surface area contributed by atoms with E-state index in [-0.39, 0.29) is 61.0 Å². The number of unbranched alkanes of at least 4 members (excludes halogenated alkanes) is 1. The first kappa shape index (κ1) is 91.2. The molecule has 0 bridgehead atoms. The fourth-order valence-corrected chi connectivity index (χ4v) is 9.55. The number of aromatic carboxylic acids is 1. The SMILES string of the molecule is CCCCOC(=O)c1ncc2ncn(CC)c2n1.CCN.CCNc1nc(Cl)ncc1N.CCNc1nc(Cl)ncc1[N+](=O)[O-].CCn1cnc2cnc(C(=O)NC(C)c3cnc(Nc4ccc(C(F)(F)F)cc4)cn3)nc21.CCn1cnc2cnc(C(=O)O)nc21.CCn1cnc2cnc(Cl)nc21.O=[N+]([O-])c1cnc(Cl)nc1Cl. The van der Waals surface area contributed by atoms with E-state index in [0.29, 0.717) is 88.4 Å². The standard InChI is InChI=1S/C21H19F3N8O.C12H16N4O2.C8H8N4O2.C7H7ClN4.C6H7ClN4O2.C6H9ClN4.C4HCl2N3O2.C2H7N/c1-3-32-11-28-16-9-27-18(31-19(16)32)20(33)29-12(2)15-8-26-17(10-25-15)30-14-6-4-13(5-7-14)21(22,23)24;1-3-5-6-18-12(17)10-13-7-9-11(15-10)16(4-2)8-14-9;1-2-12-4-10-5-3-9-6(8(13)14)11-7(5)12;1-2-12-4-10-5-3-9-7(8)11-6(5)12;1-2-8-5-4(11(12)13)3-9-6(7)10-5;1-2-9-5-4(8)3-10-6(7)11-5;5-3-2(9(10)11)1-7-4(6)8-3;1-2-3/h4-12H,3H2,1-2H3,(H,26,30)(H,29,33);7-8H,3-6H2,1-2H3;3-4H,2H2,1H3,(H,13,14);3-4H,2H2,1H3;3H,2H2,1H3,(H,8,9,10);3H,2,8H2,1H3,(H,9,10,11);1H;2-3H2,1H3. The van der Waals surface area contributed by atoms with E-state index < -0.39 is 45.5 Å². The van der Waals surface area contributed by atoms with E-state index in [1.807, 2.05) is 62.2 Å². The monoisotopic (exact) mass is 1690 g/mol. The molecule has 0 saturated heterocycles. The summed E-state index contributed by atoms with van der Waals surface area (Å²) < 4.78 is 50.4. The first-order valence-electron chi connectivity index (χ1n) is 34.2. The molecule has 1 amide bonds. The third-order valence-electron chi connectivity index (χ3n) is 14.3. The summed E-state index contributed by atoms with van der Waals surface area (Å²) in [7, 11) is 0. The fourth-order valence-electron chi connectivity index (χ4n) is 8.78. The molecule has 49 heteroatoms. The smallest absolute Gasteiger partial charge is 0.416 e. The zero-order chi connectivity index (χ0) is 84.5. The van der Waals surface area contributed by atoms with Gasteiger partial charge in [0.2, 0.25) is 49.6 Å². The number of rotatable bonds is 20. The number of imidazole rings is 4. The largest absolute Gasteiger partial charge is 0.475 e. The molecule has 12 heterocycles. The van der Waals surface area contributed by atoms with Gasteiger partial charge in [0.25, 0.3) is 5.91 Å². The van der Waals surface area contributed by atoms with Gasteiger partial charge in [-0.25, -0.2) is 84.3 Å². The summed E-state index contributed by atoms with van der Waals surface area (Å²) in [6.45, 7) is 22.7. The Bertz CT molecular complexity index is 5380. The van der Waals surface area contributed by atoms with Crippen molar-refractivity contribution in [2.75, 3.05) is 47.9 Å². The van der Waals surface area contributed by atoms with Crippen LogP contribution >= 0.6 is 58.0 Å². The molecule has 0 fully saturated rings. The van der Waals surface area contributed by atoms with Crippen molar-refractivity contribution in [3.8, 4) is 0 Å². The number of nitrogen functional groups attached to an aromatic ring is 1. The lowest BCUT2D eigenvalue weighted by atomic mass is 10.2. The number of nitro groups is 2. The van der Waals surface area contributed by atoms with Gasteiger partial charge in [0.1, 0.15) is 40.3 Å². The molecule has 0 saturated carbocycles. The van der Waals surface area contributed by atoms with E-state index in [4.69, 9.17) is 79.3 Å². The highest BCUT2D eigenvalue weighted by molar-refractivity contribution is 6.33. The second kappa shape index (κ2) is 45.1. The highest BCUT2D eigenvalue weighted by atomic mass is 35.5. The number of nitrogens with zero attached hydrogens (tertiary/aromatic N) is 26. The van der Waals surface area contributed by atoms with E-state index in [2.05, 4.69) is 121 Å². The molecule has 0 aliphatic carbocycles. The highest BCUT2D eigenvalue weighted by Gasteiger charge is 2.30. The number of carboxylic acids is 1. The van der Waals surface area contributed by atoms with Gasteiger partial charge in [-0.15, -0.1) is 0 Å². The van der Waals surface area contributed by atoms with Gasteiger partial charge in [-0.1, -0.05) is 31.9 Å². The first-order chi connectivity index (χ1) is 54.9. The Morgan fingerprint density at radius 3 is 1.43 bits per heavy atom. The minimum absolute atomic E-state index is 0.0121. The third kappa shape index (κ3) is 27.3. The number of fused-ring (bicyclic) bond motifs is 4. The summed E-state index contributed by atoms with van der Waals surface area (Å²) in [6, 6.07) is 4.09. The van der Waals surface area contributed by atoms with Gasteiger partial charge in [-0.3, -0.25) is 30.0 Å². The summed E-state index contributed by atoms with van der Waals surface area (Å²) in [5.74, 6) is -1.09. The molecule has 0 radical (unpaired) electrons. The van der Waals surface area contributed by atoms with Crippen LogP contribution in [-0.2, 0) is 37.1 Å². The zero-order valence-corrected chi connectivity index (χ0v) is 66.3. The number of esters is 1. The summed E-state index contributed by atoms with van der Waals surface area (Å²) in [6.07, 6.45) is 16.6. The fraction of sp³-hybridized carbons (Fsp3) is 0.318. The van der Waals surface area contributed by atoms with Crippen LogP contribution in [0.2, 0.25) is 26.3 Å². The Kier molecular flexibility index (Phi) is 35.8. The minimum Gasteiger partial charge on any atom is -0.475 e. The molecular formula is C66H74Cl5F3N32O9. The number of aromatic nitrogens is 24. The normalized spacial score (nSPS) is 10.8. The average Bonchev–Trinajstić information content (AvgIpc) is 1.65. The van der Waals surface area contributed by atoms with Crippen LogP contribution in [-0.4, -0.2) is 177 Å². The summed E-state index contributed by atoms with van der Waals surface area (Å²) >= 11 is 27.3. The molecule has 115 heavy (non-hydrogen) atoms. The Balaban J connectivity index is 0.000000217. The Morgan fingerprint density at radius 2 is 0.965 bits per heavy atom. The van der Waals surface area contributed by atoms with Crippen LogP contribution in [0.4, 0.5) is 53.4 Å². The predicted octanol–water partition coefficient (Wildman–Crippen LogP) is 12.0. The lowest BCUT2D eigenvalue weighted by molar-refractivity contribution is -0.385. The molecule has 608 valence electrons. The maximum Gasteiger partial charge on any atom is 0.416 e. The molecule has 41 nitrogen and oxygen atoms in total. The van der Waals surface area contributed by atoms with Crippen molar-refractivity contribution in [2.45, 2.75) is 114 Å². The second-order valence-electron chi connectivity index (χ2n) is 22.3. The number of alkyl halides is 3. The number of amides is 1. The number of nitrogens with two attached hydrogens (primary N) is 2. The van der Waals surface area contributed by atoms with Gasteiger partial charge in [-0.05, 0) is 132 Å². The number of carbonyl (C=O) groups is 3. The van der Waals surface area contributed by atoms with Gasteiger partial charge in [0.15, 0.2) is 28.4 Å². The number of halogens is 8. The molecule has 0 aliphatic rings. The number of benzene rings is 1. The number of nitrogens with one attached hydrogen (secondary N) is 4. The van der Waals surface area contributed by atoms with Crippen molar-refractivity contribution in [3.63, 3.8) is 0 Å². The van der Waals surface area contributed by atoms with Crippen LogP contribution in [0, 0.1) is 20.2 Å². The number of hydrogen-bond donors (Lipinski definition) is 7. The van der Waals surface area contributed by atoms with E-state index in [1.165, 1.54) is 43.1 Å². The van der Waals surface area contributed by atoms with Crippen molar-refractivity contribution in [1.82, 2.24) is 123 Å². The molecule has 13 rings (SSSR count). The quantitative estimate of drug-likeness (QED) is 0.00930. The molecular weight excluding hydrogens is 1620 g/mol. The van der Waals surface area contributed by atoms with Crippen LogP contribution in [0.25, 0.3) is 44.7 Å². The van der Waals surface area contributed by atoms with Gasteiger partial charge < -0.3 is 60.8 Å². The van der Waals surface area contributed by atoms with Crippen LogP contribution in [0.1, 0.15) is 124 Å². The number of ether oxygens (including phenoxy) is 1. The second-order valence-corrected chi connectivity index (χ2v) is 24.0.